The highest BCUT2D eigenvalue weighted by atomic mass is 35.5. The van der Waals surface area contributed by atoms with Crippen LogP contribution >= 0.6 is 24.2 Å². The van der Waals surface area contributed by atoms with E-state index < -0.39 is 0 Å². The van der Waals surface area contributed by atoms with E-state index >= 15 is 0 Å². The number of hydrogen-bond donors (Lipinski definition) is 2. The molecule has 0 aliphatic rings. The summed E-state index contributed by atoms with van der Waals surface area (Å²) < 4.78 is 0. The summed E-state index contributed by atoms with van der Waals surface area (Å²) in [6.45, 7) is 7.00. The summed E-state index contributed by atoms with van der Waals surface area (Å²) in [5.41, 5.74) is 8.04. The summed E-state index contributed by atoms with van der Waals surface area (Å²) in [7, 11) is 1.85. The lowest BCUT2D eigenvalue weighted by Gasteiger charge is -2.22. The molecule has 0 saturated heterocycles. The van der Waals surface area contributed by atoms with Gasteiger partial charge in [-0.25, -0.2) is 4.98 Å². The van der Waals surface area contributed by atoms with E-state index in [-0.39, 0.29) is 29.6 Å². The van der Waals surface area contributed by atoms with Gasteiger partial charge >= 0.3 is 0 Å². The molecule has 1 amide bonds. The molecule has 7 heteroatoms. The fourth-order valence-electron chi connectivity index (χ4n) is 2.35. The van der Waals surface area contributed by atoms with Crippen molar-refractivity contribution in [3.63, 3.8) is 0 Å². The van der Waals surface area contributed by atoms with E-state index in [0.29, 0.717) is 18.2 Å². The van der Waals surface area contributed by atoms with Crippen molar-refractivity contribution in [2.45, 2.75) is 38.5 Å². The number of aromatic nitrogens is 2. The highest BCUT2D eigenvalue weighted by molar-refractivity contribution is 8.00. The zero-order valence-corrected chi connectivity index (χ0v) is 17.0. The van der Waals surface area contributed by atoms with Gasteiger partial charge in [-0.3, -0.25) is 4.79 Å². The van der Waals surface area contributed by atoms with Crippen LogP contribution in [0, 0.1) is 5.92 Å². The summed E-state index contributed by atoms with van der Waals surface area (Å²) in [6.07, 6.45) is 0.837. The molecule has 3 N–H and O–H groups in total. The molecule has 5 nitrogen and oxygen atoms in total. The molecule has 0 radical (unpaired) electrons. The average Bonchev–Trinajstić information content (AvgIpc) is 3.00. The summed E-state index contributed by atoms with van der Waals surface area (Å²) in [5, 5.41) is 0.146. The first-order valence-corrected chi connectivity index (χ1v) is 9.49. The molecule has 1 heterocycles. The summed E-state index contributed by atoms with van der Waals surface area (Å²) in [5.74, 6) is 1.94. The minimum absolute atomic E-state index is 0. The Bertz CT molecular complexity index is 643. The zero-order chi connectivity index (χ0) is 17.7. The number of para-hydroxylation sites is 2. The van der Waals surface area contributed by atoms with Crippen molar-refractivity contribution < 1.29 is 4.79 Å². The molecule has 0 spiro atoms. The number of amides is 1. The monoisotopic (exact) mass is 384 g/mol. The third-order valence-corrected chi connectivity index (χ3v) is 5.47. The van der Waals surface area contributed by atoms with Crippen LogP contribution in [-0.2, 0) is 4.79 Å². The topological polar surface area (TPSA) is 75.0 Å². The van der Waals surface area contributed by atoms with Crippen LogP contribution in [0.15, 0.2) is 24.3 Å². The lowest BCUT2D eigenvalue weighted by atomic mass is 10.0. The van der Waals surface area contributed by atoms with Crippen LogP contribution in [0.25, 0.3) is 11.0 Å². The lowest BCUT2D eigenvalue weighted by molar-refractivity contribution is -0.127. The number of fused-ring (bicyclic) bond motifs is 1. The van der Waals surface area contributed by atoms with Crippen LogP contribution in [0.5, 0.6) is 0 Å². The second kappa shape index (κ2) is 10.0. The number of H-pyrrole nitrogens is 1. The number of imidazole rings is 1. The van der Waals surface area contributed by atoms with E-state index in [1.54, 1.807) is 16.7 Å². The fraction of sp³-hybridized carbons (Fsp3) is 0.556. The zero-order valence-electron chi connectivity index (χ0n) is 15.4. The van der Waals surface area contributed by atoms with Gasteiger partial charge in [-0.1, -0.05) is 26.0 Å². The lowest BCUT2D eigenvalue weighted by Crippen LogP contribution is -2.35. The van der Waals surface area contributed by atoms with Crippen molar-refractivity contribution in [3.05, 3.63) is 30.1 Å². The molecular formula is C18H29ClN4OS. The van der Waals surface area contributed by atoms with Crippen LogP contribution in [0.1, 0.15) is 38.3 Å². The van der Waals surface area contributed by atoms with Crippen molar-refractivity contribution in [2.75, 3.05) is 19.3 Å². The Hall–Kier alpha value is -1.24. The van der Waals surface area contributed by atoms with Crippen molar-refractivity contribution in [2.24, 2.45) is 11.7 Å². The molecule has 0 aliphatic heterocycles. The first-order valence-electron chi connectivity index (χ1n) is 8.44. The summed E-state index contributed by atoms with van der Waals surface area (Å²) in [6, 6.07) is 8.11. The number of benzene rings is 1. The Morgan fingerprint density at radius 1 is 1.32 bits per heavy atom. The molecule has 0 bridgehead atoms. The van der Waals surface area contributed by atoms with E-state index in [9.17, 15) is 4.79 Å². The summed E-state index contributed by atoms with van der Waals surface area (Å²) >= 11 is 1.61. The quantitative estimate of drug-likeness (QED) is 0.728. The van der Waals surface area contributed by atoms with Crippen LogP contribution < -0.4 is 5.73 Å². The number of nitrogens with one attached hydrogen (secondary N) is 1. The predicted molar refractivity (Wildman–Crippen MR) is 109 cm³/mol. The van der Waals surface area contributed by atoms with E-state index in [1.165, 1.54) is 0 Å². The highest BCUT2D eigenvalue weighted by Crippen LogP contribution is 2.27. The Morgan fingerprint density at radius 2 is 2.00 bits per heavy atom. The molecule has 1 aromatic carbocycles. The third kappa shape index (κ3) is 6.20. The van der Waals surface area contributed by atoms with Crippen LogP contribution in [0.3, 0.4) is 0 Å². The maximum Gasteiger partial charge on any atom is 0.232 e. The third-order valence-electron chi connectivity index (χ3n) is 4.33. The average molecular weight is 385 g/mol. The first-order chi connectivity index (χ1) is 11.4. The molecule has 1 aromatic heterocycles. The predicted octanol–water partition coefficient (Wildman–Crippen LogP) is 3.61. The van der Waals surface area contributed by atoms with Gasteiger partial charge in [-0.15, -0.1) is 24.2 Å². The Morgan fingerprint density at radius 3 is 2.64 bits per heavy atom. The van der Waals surface area contributed by atoms with Gasteiger partial charge in [0.05, 0.1) is 22.0 Å². The van der Waals surface area contributed by atoms with Gasteiger partial charge in [0, 0.05) is 19.6 Å². The van der Waals surface area contributed by atoms with Crippen LogP contribution in [0.4, 0.5) is 0 Å². The van der Waals surface area contributed by atoms with Gasteiger partial charge in [-0.2, -0.15) is 0 Å². The van der Waals surface area contributed by atoms with Gasteiger partial charge in [0.2, 0.25) is 5.91 Å². The number of aromatic amines is 1. The van der Waals surface area contributed by atoms with E-state index in [2.05, 4.69) is 30.7 Å². The minimum atomic E-state index is 0. The normalized spacial score (nSPS) is 13.5. The second-order valence-corrected chi connectivity index (χ2v) is 7.93. The summed E-state index contributed by atoms with van der Waals surface area (Å²) in [4.78, 5) is 22.0. The maximum atomic E-state index is 12.3. The molecule has 0 aliphatic carbocycles. The number of rotatable bonds is 8. The number of nitrogens with zero attached hydrogens (tertiary/aromatic N) is 2. The molecule has 140 valence electrons. The van der Waals surface area contributed by atoms with Gasteiger partial charge in [0.15, 0.2) is 0 Å². The molecule has 2 atom stereocenters. The van der Waals surface area contributed by atoms with E-state index in [1.807, 2.05) is 31.3 Å². The molecule has 25 heavy (non-hydrogen) atoms. The molecule has 0 saturated carbocycles. The Kier molecular flexibility index (Phi) is 8.76. The largest absolute Gasteiger partial charge is 0.345 e. The van der Waals surface area contributed by atoms with Crippen molar-refractivity contribution >= 4 is 41.1 Å². The second-order valence-electron chi connectivity index (χ2n) is 6.60. The van der Waals surface area contributed by atoms with Crippen LogP contribution in [0.2, 0.25) is 0 Å². The van der Waals surface area contributed by atoms with E-state index in [4.69, 9.17) is 5.73 Å². The SMILES string of the molecule is CC(SCC(=O)N(C)CCC(N)C(C)C)c1nc2ccccc2[nH]1.Cl. The molecule has 2 aromatic rings. The number of carbonyl (C=O) groups is 1. The Labute approximate surface area is 160 Å². The Balaban J connectivity index is 0.00000312. The van der Waals surface area contributed by atoms with Crippen LogP contribution in [-0.4, -0.2) is 46.2 Å². The smallest absolute Gasteiger partial charge is 0.232 e. The number of hydrogen-bond acceptors (Lipinski definition) is 4. The van der Waals surface area contributed by atoms with Gasteiger partial charge < -0.3 is 15.6 Å². The maximum absolute atomic E-state index is 12.3. The van der Waals surface area contributed by atoms with E-state index in [0.717, 1.165) is 23.3 Å². The fourth-order valence-corrected chi connectivity index (χ4v) is 3.23. The van der Waals surface area contributed by atoms with Crippen molar-refractivity contribution in [1.82, 2.24) is 14.9 Å². The standard InChI is InChI=1S/C18H28N4OS.ClH/c1-12(2)14(19)9-10-22(4)17(23)11-24-13(3)18-20-15-7-5-6-8-16(15)21-18;/h5-8,12-14H,9-11,19H2,1-4H3,(H,20,21);1H. The van der Waals surface area contributed by atoms with Crippen molar-refractivity contribution in [3.8, 4) is 0 Å². The first kappa shape index (κ1) is 21.8. The number of thioether (sulfide) groups is 1. The van der Waals surface area contributed by atoms with Gasteiger partial charge in [-0.05, 0) is 31.4 Å². The number of carbonyl (C=O) groups excluding carboxylic acids is 1. The minimum Gasteiger partial charge on any atom is -0.345 e. The number of halogens is 1. The van der Waals surface area contributed by atoms with Crippen molar-refractivity contribution in [1.29, 1.82) is 0 Å². The van der Waals surface area contributed by atoms with Gasteiger partial charge in [0.25, 0.3) is 0 Å². The van der Waals surface area contributed by atoms with Gasteiger partial charge in [0.1, 0.15) is 5.82 Å². The molecule has 2 rings (SSSR count). The molecule has 2 unspecified atom stereocenters. The molecular weight excluding hydrogens is 356 g/mol. The molecule has 0 fully saturated rings. The highest BCUT2D eigenvalue weighted by Gasteiger charge is 2.16. The number of nitrogens with two attached hydrogens (primary N) is 1.